The van der Waals surface area contributed by atoms with E-state index in [2.05, 4.69) is 12.2 Å². The van der Waals surface area contributed by atoms with Gasteiger partial charge < -0.3 is 9.73 Å². The van der Waals surface area contributed by atoms with Gasteiger partial charge in [0.05, 0.1) is 18.1 Å². The van der Waals surface area contributed by atoms with Gasteiger partial charge in [0.15, 0.2) is 0 Å². The first kappa shape index (κ1) is 16.5. The molecule has 0 saturated carbocycles. The van der Waals surface area contributed by atoms with E-state index in [0.717, 1.165) is 17.7 Å². The Morgan fingerprint density at radius 3 is 2.71 bits per heavy atom. The van der Waals surface area contributed by atoms with Gasteiger partial charge in [0.25, 0.3) is 0 Å². The van der Waals surface area contributed by atoms with Crippen LogP contribution >= 0.6 is 0 Å². The molecular formula is C15H26N2O3S. The summed E-state index contributed by atoms with van der Waals surface area (Å²) in [5.41, 5.74) is 1.15. The Hall–Kier alpha value is -0.850. The molecule has 0 aliphatic carbocycles. The molecule has 21 heavy (non-hydrogen) atoms. The zero-order valence-corrected chi connectivity index (χ0v) is 14.1. The van der Waals surface area contributed by atoms with Crippen LogP contribution in [0.5, 0.6) is 0 Å². The fourth-order valence-electron chi connectivity index (χ4n) is 2.75. The topological polar surface area (TPSA) is 62.6 Å². The van der Waals surface area contributed by atoms with Crippen LogP contribution < -0.4 is 5.32 Å². The third kappa shape index (κ3) is 3.67. The fraction of sp³-hybridized carbons (Fsp3) is 0.733. The van der Waals surface area contributed by atoms with Gasteiger partial charge in [-0.25, -0.2) is 12.7 Å². The maximum absolute atomic E-state index is 12.2. The Kier molecular flexibility index (Phi) is 5.11. The van der Waals surface area contributed by atoms with Crippen molar-refractivity contribution in [2.24, 2.45) is 5.92 Å². The van der Waals surface area contributed by atoms with Crippen molar-refractivity contribution in [1.82, 2.24) is 9.62 Å². The van der Waals surface area contributed by atoms with Gasteiger partial charge in [0.1, 0.15) is 5.76 Å². The minimum absolute atomic E-state index is 0.294. The van der Waals surface area contributed by atoms with E-state index < -0.39 is 10.0 Å². The molecule has 1 fully saturated rings. The number of piperidine rings is 1. The molecular weight excluding hydrogens is 288 g/mol. The van der Waals surface area contributed by atoms with Gasteiger partial charge in [-0.15, -0.1) is 0 Å². The van der Waals surface area contributed by atoms with Crippen LogP contribution in [0.2, 0.25) is 0 Å². The summed E-state index contributed by atoms with van der Waals surface area (Å²) in [5.74, 6) is 1.25. The molecule has 2 heterocycles. The number of nitrogens with one attached hydrogen (secondary N) is 1. The van der Waals surface area contributed by atoms with Crippen molar-refractivity contribution >= 4 is 10.0 Å². The molecule has 120 valence electrons. The minimum Gasteiger partial charge on any atom is -0.468 e. The van der Waals surface area contributed by atoms with E-state index in [9.17, 15) is 8.42 Å². The molecule has 0 bridgehead atoms. The van der Waals surface area contributed by atoms with Gasteiger partial charge in [-0.1, -0.05) is 6.92 Å². The minimum atomic E-state index is -3.13. The summed E-state index contributed by atoms with van der Waals surface area (Å²) in [6.45, 7) is 9.50. The monoisotopic (exact) mass is 314 g/mol. The predicted molar refractivity (Wildman–Crippen MR) is 83.5 cm³/mol. The zero-order chi connectivity index (χ0) is 15.6. The smallest absolute Gasteiger partial charge is 0.216 e. The highest BCUT2D eigenvalue weighted by Crippen LogP contribution is 2.22. The largest absolute Gasteiger partial charge is 0.468 e. The van der Waals surface area contributed by atoms with Gasteiger partial charge in [0.2, 0.25) is 10.0 Å². The number of nitrogens with zero attached hydrogens (tertiary/aromatic N) is 1. The lowest BCUT2D eigenvalue weighted by Gasteiger charge is -2.37. The summed E-state index contributed by atoms with van der Waals surface area (Å²) in [7, 11) is -3.13. The molecule has 0 unspecified atom stereocenters. The van der Waals surface area contributed by atoms with E-state index >= 15 is 0 Å². The standard InChI is InChI=1S/C15H26N2O3S/c1-11(2)21(18,19)17-7-5-14(13(4)10-17)16-9-15-12(3)6-8-20-15/h6,8,11,13-14,16H,5,7,9-10H2,1-4H3/t13-,14+/m0/s1. The maximum Gasteiger partial charge on any atom is 0.216 e. The molecule has 6 heteroatoms. The summed E-state index contributed by atoms with van der Waals surface area (Å²) in [6, 6.07) is 2.28. The Balaban J connectivity index is 1.91. The molecule has 1 aliphatic rings. The lowest BCUT2D eigenvalue weighted by molar-refractivity contribution is 0.215. The second-order valence-corrected chi connectivity index (χ2v) is 8.72. The molecule has 1 saturated heterocycles. The van der Waals surface area contributed by atoms with E-state index in [0.29, 0.717) is 31.6 Å². The van der Waals surface area contributed by atoms with Crippen LogP contribution in [0.25, 0.3) is 0 Å². The predicted octanol–water partition coefficient (Wildman–Crippen LogP) is 2.13. The van der Waals surface area contributed by atoms with Crippen molar-refractivity contribution in [3.8, 4) is 0 Å². The molecule has 1 N–H and O–H groups in total. The second kappa shape index (κ2) is 6.50. The van der Waals surface area contributed by atoms with E-state index in [-0.39, 0.29) is 5.25 Å². The average Bonchev–Trinajstić information content (AvgIpc) is 2.82. The van der Waals surface area contributed by atoms with Crippen molar-refractivity contribution in [2.45, 2.75) is 52.0 Å². The van der Waals surface area contributed by atoms with Crippen molar-refractivity contribution in [3.63, 3.8) is 0 Å². The van der Waals surface area contributed by atoms with Crippen LogP contribution in [-0.4, -0.2) is 37.1 Å². The van der Waals surface area contributed by atoms with E-state index in [1.165, 1.54) is 0 Å². The highest BCUT2D eigenvalue weighted by Gasteiger charge is 2.33. The summed E-state index contributed by atoms with van der Waals surface area (Å²) in [4.78, 5) is 0. The number of furan rings is 1. The lowest BCUT2D eigenvalue weighted by Crippen LogP contribution is -2.51. The fourth-order valence-corrected chi connectivity index (χ4v) is 4.15. The summed E-state index contributed by atoms with van der Waals surface area (Å²) in [6.07, 6.45) is 2.54. The third-order valence-electron chi connectivity index (χ3n) is 4.32. The summed E-state index contributed by atoms with van der Waals surface area (Å²) in [5, 5.41) is 3.15. The molecule has 2 atom stereocenters. The number of hydrogen-bond donors (Lipinski definition) is 1. The molecule has 5 nitrogen and oxygen atoms in total. The first-order valence-corrected chi connectivity index (χ1v) is 9.08. The highest BCUT2D eigenvalue weighted by atomic mass is 32.2. The quantitative estimate of drug-likeness (QED) is 0.904. The van der Waals surface area contributed by atoms with Crippen LogP contribution in [0.4, 0.5) is 0 Å². The van der Waals surface area contributed by atoms with Crippen molar-refractivity contribution in [1.29, 1.82) is 0 Å². The van der Waals surface area contributed by atoms with Crippen LogP contribution in [0, 0.1) is 12.8 Å². The molecule has 0 radical (unpaired) electrons. The number of sulfonamides is 1. The molecule has 1 aliphatic heterocycles. The van der Waals surface area contributed by atoms with Crippen LogP contribution in [0.1, 0.15) is 38.5 Å². The van der Waals surface area contributed by atoms with Gasteiger partial charge in [-0.3, -0.25) is 0 Å². The maximum atomic E-state index is 12.2. The highest BCUT2D eigenvalue weighted by molar-refractivity contribution is 7.89. The molecule has 0 amide bonds. The Morgan fingerprint density at radius 2 is 2.19 bits per heavy atom. The Morgan fingerprint density at radius 1 is 1.48 bits per heavy atom. The summed E-state index contributed by atoms with van der Waals surface area (Å²) < 4.78 is 31.5. The van der Waals surface area contributed by atoms with Gasteiger partial charge in [0, 0.05) is 19.1 Å². The molecule has 0 aromatic carbocycles. The number of rotatable bonds is 5. The van der Waals surface area contributed by atoms with Gasteiger partial charge >= 0.3 is 0 Å². The van der Waals surface area contributed by atoms with Crippen molar-refractivity contribution < 1.29 is 12.8 Å². The van der Waals surface area contributed by atoms with Crippen LogP contribution in [0.15, 0.2) is 16.7 Å². The van der Waals surface area contributed by atoms with E-state index in [1.807, 2.05) is 13.0 Å². The zero-order valence-electron chi connectivity index (χ0n) is 13.3. The van der Waals surface area contributed by atoms with E-state index in [4.69, 9.17) is 4.42 Å². The Labute approximate surface area is 127 Å². The third-order valence-corrected chi connectivity index (χ3v) is 6.56. The van der Waals surface area contributed by atoms with Crippen molar-refractivity contribution in [3.05, 3.63) is 23.7 Å². The normalized spacial score (nSPS) is 24.6. The van der Waals surface area contributed by atoms with Gasteiger partial charge in [-0.2, -0.15) is 0 Å². The van der Waals surface area contributed by atoms with E-state index in [1.54, 1.807) is 24.4 Å². The molecule has 0 spiro atoms. The van der Waals surface area contributed by atoms with Gasteiger partial charge in [-0.05, 0) is 44.7 Å². The second-order valence-electron chi connectivity index (χ2n) is 6.23. The Bertz CT molecular complexity index is 565. The molecule has 1 aromatic rings. The van der Waals surface area contributed by atoms with Crippen LogP contribution in [-0.2, 0) is 16.6 Å². The first-order chi connectivity index (χ1) is 9.82. The SMILES string of the molecule is Cc1ccoc1CN[C@@H]1CCN(S(=O)(=O)C(C)C)C[C@@H]1C. The van der Waals surface area contributed by atoms with Crippen molar-refractivity contribution in [2.75, 3.05) is 13.1 Å². The number of hydrogen-bond acceptors (Lipinski definition) is 4. The lowest BCUT2D eigenvalue weighted by atomic mass is 9.95. The van der Waals surface area contributed by atoms with Crippen LogP contribution in [0.3, 0.4) is 0 Å². The first-order valence-electron chi connectivity index (χ1n) is 7.57. The summed E-state index contributed by atoms with van der Waals surface area (Å²) >= 11 is 0. The number of aryl methyl sites for hydroxylation is 1. The molecule has 1 aromatic heterocycles. The average molecular weight is 314 g/mol. The molecule has 2 rings (SSSR count).